The number of aromatic nitrogens is 1. The molecule has 3 fully saturated rings. The number of nitrogens with one attached hydrogen (secondary N) is 2. The third kappa shape index (κ3) is 32.5. The Labute approximate surface area is 520 Å². The summed E-state index contributed by atoms with van der Waals surface area (Å²) in [5.74, 6) is 1.21. The minimum Gasteiger partial charge on any atom is -0.467 e. The van der Waals surface area contributed by atoms with Gasteiger partial charge in [-0.3, -0.25) is 34.0 Å². The van der Waals surface area contributed by atoms with Gasteiger partial charge in [-0.25, -0.2) is 5.43 Å². The van der Waals surface area contributed by atoms with Crippen molar-refractivity contribution in [2.45, 2.75) is 259 Å². The summed E-state index contributed by atoms with van der Waals surface area (Å²) in [5.41, 5.74) is 17.6. The van der Waals surface area contributed by atoms with Crippen LogP contribution in [-0.2, 0) is 39.9 Å². The van der Waals surface area contributed by atoms with Crippen molar-refractivity contribution in [3.05, 3.63) is 88.7 Å². The summed E-state index contributed by atoms with van der Waals surface area (Å²) in [6.07, 6.45) is 20.2. The van der Waals surface area contributed by atoms with Crippen LogP contribution in [0.3, 0.4) is 0 Å². The number of benzene rings is 2. The Kier molecular flexibility index (Phi) is 47.3. The fraction of sp³-hybridized carbons (Fsp3) is 0.671. The Morgan fingerprint density at radius 2 is 1.44 bits per heavy atom. The number of hydrogen-bond acceptors (Lipinski definition) is 10. The van der Waals surface area contributed by atoms with E-state index in [2.05, 4.69) is 109 Å². The zero-order valence-corrected chi connectivity index (χ0v) is 57.7. The van der Waals surface area contributed by atoms with E-state index in [9.17, 15) is 24.0 Å². The van der Waals surface area contributed by atoms with E-state index in [4.69, 9.17) is 20.2 Å². The fourth-order valence-corrected chi connectivity index (χ4v) is 10.1. The number of hydrogen-bond donors (Lipinski definition) is 3. The van der Waals surface area contributed by atoms with E-state index in [1.54, 1.807) is 19.0 Å². The Balaban J connectivity index is 0. The smallest absolute Gasteiger partial charge is 0.293 e. The normalized spacial score (nSPS) is 14.9. The maximum atomic E-state index is 14.0. The molecule has 2 saturated carbocycles. The van der Waals surface area contributed by atoms with E-state index in [-0.39, 0.29) is 47.6 Å². The van der Waals surface area contributed by atoms with Gasteiger partial charge in [0.05, 0.1) is 18.4 Å². The number of pyridine rings is 1. The molecule has 484 valence electrons. The maximum Gasteiger partial charge on any atom is 0.293 e. The average molecular weight is 1180 g/mol. The third-order valence-electron chi connectivity index (χ3n) is 14.8. The maximum absolute atomic E-state index is 14.0. The lowest BCUT2D eigenvalue weighted by Gasteiger charge is -2.32. The first-order chi connectivity index (χ1) is 40.8. The monoisotopic (exact) mass is 1180 g/mol. The van der Waals surface area contributed by atoms with Gasteiger partial charge in [0, 0.05) is 68.5 Å². The predicted octanol–water partition coefficient (Wildman–Crippen LogP) is 17.7. The van der Waals surface area contributed by atoms with Crippen molar-refractivity contribution in [3.63, 3.8) is 0 Å². The van der Waals surface area contributed by atoms with E-state index in [0.717, 1.165) is 110 Å². The summed E-state index contributed by atoms with van der Waals surface area (Å²) in [4.78, 5) is 65.1. The first kappa shape index (κ1) is 82.0. The highest BCUT2D eigenvalue weighted by molar-refractivity contribution is 5.94. The Morgan fingerprint density at radius 3 is 1.93 bits per heavy atom. The van der Waals surface area contributed by atoms with Crippen LogP contribution in [0.2, 0.25) is 0 Å². The van der Waals surface area contributed by atoms with Gasteiger partial charge >= 0.3 is 0 Å². The molecule has 85 heavy (non-hydrogen) atoms. The van der Waals surface area contributed by atoms with Crippen LogP contribution >= 0.6 is 0 Å². The number of aryl methyl sites for hydroxylation is 1. The summed E-state index contributed by atoms with van der Waals surface area (Å²) >= 11 is 0. The highest BCUT2D eigenvalue weighted by Crippen LogP contribution is 2.43. The number of carbonyl (C=O) groups excluding carboxylic acids is 5. The number of carbonyl (C=O) groups is 5. The summed E-state index contributed by atoms with van der Waals surface area (Å²) in [6.45, 7) is 41.7. The first-order valence-corrected chi connectivity index (χ1v) is 33.3. The van der Waals surface area contributed by atoms with Crippen LogP contribution in [0.25, 0.3) is 22.3 Å². The molecule has 4 atom stereocenters. The van der Waals surface area contributed by atoms with Gasteiger partial charge in [-0.1, -0.05) is 198 Å². The number of nitrogens with zero attached hydrogens (tertiary/aromatic N) is 2. The van der Waals surface area contributed by atoms with Crippen LogP contribution in [0.5, 0.6) is 0 Å². The van der Waals surface area contributed by atoms with Crippen LogP contribution in [0.15, 0.2) is 60.8 Å². The molecule has 0 radical (unpaired) electrons. The quantitative estimate of drug-likeness (QED) is 0.0694. The summed E-state index contributed by atoms with van der Waals surface area (Å²) < 4.78 is 11.2. The number of rotatable bonds is 25. The molecule has 4 N–H and O–H groups in total. The lowest BCUT2D eigenvalue weighted by Crippen LogP contribution is -2.56. The highest BCUT2D eigenvalue weighted by atomic mass is 16.5. The van der Waals surface area contributed by atoms with Crippen molar-refractivity contribution >= 4 is 41.0 Å². The van der Waals surface area contributed by atoms with Crippen molar-refractivity contribution in [1.82, 2.24) is 20.7 Å². The van der Waals surface area contributed by atoms with Gasteiger partial charge < -0.3 is 20.5 Å². The highest BCUT2D eigenvalue weighted by Gasteiger charge is 2.33. The SMILES string of the molecule is C1CC1.CC.CC.CC.CCC.CCCC(=O)CCN.CCCC(CC)C(C)=O.COC(C)c1ncccc1/C(=C(\CC(C)(C)COC=O)c1cc(-c2cccc(CC(NC(=O)C(C)C3CCCC3)C(=O)N3CCCCN3)c2)ccc1C)C(C)C. The second-order valence-corrected chi connectivity index (χ2v) is 23.1. The van der Waals surface area contributed by atoms with Crippen LogP contribution < -0.4 is 16.5 Å². The van der Waals surface area contributed by atoms with Gasteiger partial charge in [-0.2, -0.15) is 0 Å². The number of nitrogens with two attached hydrogens (primary N) is 1. The Bertz CT molecular complexity index is 2280. The topological polar surface area (TPSA) is 170 Å². The number of Topliss-reactive ketones (excluding diaryl/α,β-unsaturated/α-hetero) is 2. The second kappa shape index (κ2) is 49.0. The average Bonchev–Trinajstić information content (AvgIpc) is 4.46. The first-order valence-electron chi connectivity index (χ1n) is 33.3. The number of hydrazine groups is 1. The number of allylic oxidation sites excluding steroid dienone is 2. The molecule has 1 aromatic heterocycles. The van der Waals surface area contributed by atoms with Gasteiger partial charge in [-0.05, 0) is 142 Å². The molecule has 3 aliphatic rings. The predicted molar refractivity (Wildman–Crippen MR) is 361 cm³/mol. The zero-order chi connectivity index (χ0) is 64.9. The van der Waals surface area contributed by atoms with Crippen molar-refractivity contribution in [2.75, 3.05) is 33.4 Å². The second-order valence-electron chi connectivity index (χ2n) is 23.1. The standard InChI is InChI=1S/C47H64N4O5.C8H16O.C6H13NO.C3H6.C3H8.3C2H6/c1-31(2)43(39-19-14-22-48-44(39)34(5)55-8)41(28-47(6,7)29-56-30-52)40-27-38(21-20-32(40)3)37-18-13-15-35(25-37)26-42(46(54)51-24-12-11-23-49-51)50-45(53)33(4)36-16-9-10-17-36;1-4-6-8(5-2)7(3)9;1-2-3-6(8)4-5-7;1-2-3-1;1-3-2;3*1-2/h13-15,18-22,25,27,30-31,33-34,36,42,49H,9-12,16-17,23-24,26,28-29H2,1-8H3,(H,50,53);8H,4-6H2,1-3H3;2-5,7H2,1H3;1-3H2;3H2,1-2H3;3*1-2H3/b43-41+;;;;;;;. The van der Waals surface area contributed by atoms with Crippen LogP contribution in [0.1, 0.15) is 268 Å². The van der Waals surface area contributed by atoms with Gasteiger partial charge in [0.15, 0.2) is 0 Å². The molecule has 0 bridgehead atoms. The van der Waals surface area contributed by atoms with Crippen LogP contribution in [0.4, 0.5) is 0 Å². The summed E-state index contributed by atoms with van der Waals surface area (Å²) in [5, 5.41) is 4.90. The number of ketones is 2. The molecular weight excluding hydrogens is 1060 g/mol. The van der Waals surface area contributed by atoms with Crippen molar-refractivity contribution in [2.24, 2.45) is 34.8 Å². The van der Waals surface area contributed by atoms with E-state index in [1.165, 1.54) is 36.8 Å². The van der Waals surface area contributed by atoms with Crippen molar-refractivity contribution < 1.29 is 33.4 Å². The third-order valence-corrected chi connectivity index (χ3v) is 14.8. The number of methoxy groups -OCH3 is 1. The van der Waals surface area contributed by atoms with Gasteiger partial charge in [0.2, 0.25) is 5.91 Å². The minimum atomic E-state index is -0.678. The molecule has 3 aromatic rings. The molecule has 1 aliphatic heterocycles. The van der Waals surface area contributed by atoms with Gasteiger partial charge in [0.25, 0.3) is 12.4 Å². The fourth-order valence-electron chi connectivity index (χ4n) is 10.1. The molecule has 0 spiro atoms. The van der Waals surface area contributed by atoms with Crippen molar-refractivity contribution in [3.8, 4) is 11.1 Å². The number of ether oxygens (including phenoxy) is 2. The molecular formula is C73H125N5O7. The molecule has 2 aliphatic carbocycles. The van der Waals surface area contributed by atoms with Crippen molar-refractivity contribution in [1.29, 1.82) is 0 Å². The van der Waals surface area contributed by atoms with Crippen LogP contribution in [0, 0.1) is 36.0 Å². The molecule has 4 unspecified atom stereocenters. The molecule has 2 aromatic carbocycles. The summed E-state index contributed by atoms with van der Waals surface area (Å²) in [7, 11) is 1.71. The minimum absolute atomic E-state index is 0.0370. The molecule has 12 heteroatoms. The van der Waals surface area contributed by atoms with E-state index in [1.807, 2.05) is 86.7 Å². The van der Waals surface area contributed by atoms with Gasteiger partial charge in [-0.15, -0.1) is 0 Å². The van der Waals surface area contributed by atoms with E-state index < -0.39 is 6.04 Å². The number of amides is 2. The van der Waals surface area contributed by atoms with Crippen LogP contribution in [-0.4, -0.2) is 79.2 Å². The van der Waals surface area contributed by atoms with E-state index >= 15 is 0 Å². The molecule has 1 saturated heterocycles. The molecule has 12 nitrogen and oxygen atoms in total. The Hall–Kier alpha value is -5.04. The molecule has 2 amide bonds. The van der Waals surface area contributed by atoms with E-state index in [0.29, 0.717) is 62.9 Å². The Morgan fingerprint density at radius 1 is 0.812 bits per heavy atom. The lowest BCUT2D eigenvalue weighted by atomic mass is 9.76. The largest absolute Gasteiger partial charge is 0.467 e. The zero-order valence-electron chi connectivity index (χ0n) is 57.7. The van der Waals surface area contributed by atoms with Gasteiger partial charge in [0.1, 0.15) is 17.6 Å². The molecule has 2 heterocycles. The summed E-state index contributed by atoms with van der Waals surface area (Å²) in [6, 6.07) is 18.4. The molecule has 6 rings (SSSR count). The lowest BCUT2D eigenvalue weighted by molar-refractivity contribution is -0.141.